The molecular weight excluding hydrogens is 397 g/mol. The summed E-state index contributed by atoms with van der Waals surface area (Å²) in [4.78, 5) is 12.4. The summed E-state index contributed by atoms with van der Waals surface area (Å²) in [6.07, 6.45) is 17.4. The number of nitrogens with two attached hydrogens (primary N) is 1. The number of aliphatic imine (C=N–C) groups is 2. The third kappa shape index (κ3) is 10.4. The summed E-state index contributed by atoms with van der Waals surface area (Å²) >= 11 is 0. The molecule has 0 atom stereocenters. The maximum absolute atomic E-state index is 11.3. The Balaban J connectivity index is 0.000000452. The molecule has 2 rings (SSSR count). The number of hydrazone groups is 1. The average molecular weight is 430 g/mol. The highest BCUT2D eigenvalue weighted by Crippen LogP contribution is 2.20. The summed E-state index contributed by atoms with van der Waals surface area (Å²) in [6, 6.07) is 0. The number of alkyl halides is 1. The Hall–Kier alpha value is -3.25. The van der Waals surface area contributed by atoms with Gasteiger partial charge < -0.3 is 15.0 Å². The largest absolute Gasteiger partial charge is 0.384 e. The van der Waals surface area contributed by atoms with Crippen molar-refractivity contribution in [3.05, 3.63) is 41.8 Å². The van der Waals surface area contributed by atoms with E-state index in [4.69, 9.17) is 16.9 Å². The van der Waals surface area contributed by atoms with E-state index in [1.165, 1.54) is 18.0 Å². The van der Waals surface area contributed by atoms with Crippen LogP contribution in [0, 0.1) is 19.3 Å². The average Bonchev–Trinajstić information content (AvgIpc) is 3.15. The number of imidazole rings is 1. The Bertz CT molecular complexity index is 846. The summed E-state index contributed by atoms with van der Waals surface area (Å²) in [5.41, 5.74) is 8.16. The predicted molar refractivity (Wildman–Crippen MR) is 125 cm³/mol. The molecule has 1 aromatic rings. The van der Waals surface area contributed by atoms with Crippen LogP contribution in [0.25, 0.3) is 0 Å². The number of aromatic nitrogens is 2. The van der Waals surface area contributed by atoms with Gasteiger partial charge in [0.2, 0.25) is 0 Å². The lowest BCUT2D eigenvalue weighted by molar-refractivity contribution is 0.242. The highest BCUT2D eigenvalue weighted by molar-refractivity contribution is 5.82. The Labute approximate surface area is 184 Å². The maximum Gasteiger partial charge on any atom is 0.146 e. The van der Waals surface area contributed by atoms with Crippen LogP contribution in [0.4, 0.5) is 4.39 Å². The van der Waals surface area contributed by atoms with Gasteiger partial charge in [-0.15, -0.1) is 12.3 Å². The standard InChI is InChI=1S/C15H24N6O.C7H8FN/c1-4-5-13-8-21(19-15(16)10-22-3)11-18-14(13)9-20-7-6-17-12(20)2;1-2-3-4-6-9-7-5-8/h6-7,11H,4-5,8-10H2,1-3H3,(H2,16,19);1,4,6-7H,3,5H2/b;6-4-,9-7?. The van der Waals surface area contributed by atoms with E-state index in [9.17, 15) is 4.39 Å². The summed E-state index contributed by atoms with van der Waals surface area (Å²) in [6.45, 7) is 5.40. The van der Waals surface area contributed by atoms with Crippen molar-refractivity contribution in [2.45, 2.75) is 39.7 Å². The van der Waals surface area contributed by atoms with Crippen molar-refractivity contribution in [2.24, 2.45) is 20.8 Å². The van der Waals surface area contributed by atoms with Gasteiger partial charge in [-0.3, -0.25) is 4.99 Å². The number of amidine groups is 1. The van der Waals surface area contributed by atoms with Gasteiger partial charge in [0.1, 0.15) is 31.3 Å². The summed E-state index contributed by atoms with van der Waals surface area (Å²) in [7, 11) is 1.60. The van der Waals surface area contributed by atoms with E-state index in [1.54, 1.807) is 24.5 Å². The highest BCUT2D eigenvalue weighted by Gasteiger charge is 2.15. The van der Waals surface area contributed by atoms with Crippen LogP contribution in [0.1, 0.15) is 32.0 Å². The van der Waals surface area contributed by atoms with E-state index in [1.807, 2.05) is 19.3 Å². The molecule has 0 aliphatic carbocycles. The summed E-state index contributed by atoms with van der Waals surface area (Å²) in [5, 5.41) is 6.07. The fraction of sp³-hybridized carbons (Fsp3) is 0.455. The molecule has 2 heterocycles. The van der Waals surface area contributed by atoms with E-state index < -0.39 is 6.67 Å². The third-order valence-electron chi connectivity index (χ3n) is 4.05. The fourth-order valence-electron chi connectivity index (χ4n) is 2.65. The van der Waals surface area contributed by atoms with Crippen LogP contribution in [0.3, 0.4) is 0 Å². The van der Waals surface area contributed by atoms with Crippen molar-refractivity contribution in [3.63, 3.8) is 0 Å². The second-order valence-electron chi connectivity index (χ2n) is 6.55. The zero-order valence-electron chi connectivity index (χ0n) is 18.5. The number of hydrogen-bond donors (Lipinski definition) is 1. The molecule has 0 amide bonds. The lowest BCUT2D eigenvalue weighted by Gasteiger charge is -2.23. The molecule has 1 aromatic heterocycles. The van der Waals surface area contributed by atoms with Crippen molar-refractivity contribution < 1.29 is 9.13 Å². The molecule has 1 aliphatic rings. The first-order valence-corrected chi connectivity index (χ1v) is 10.0. The van der Waals surface area contributed by atoms with Crippen LogP contribution in [0.15, 0.2) is 51.0 Å². The number of allylic oxidation sites excluding steroid dienone is 2. The fourth-order valence-corrected chi connectivity index (χ4v) is 2.65. The molecule has 0 saturated heterocycles. The molecule has 2 N–H and O–H groups in total. The van der Waals surface area contributed by atoms with Crippen LogP contribution in [-0.2, 0) is 11.3 Å². The van der Waals surface area contributed by atoms with Crippen LogP contribution in [-0.4, -0.2) is 59.9 Å². The molecular formula is C22H32FN7O. The smallest absolute Gasteiger partial charge is 0.146 e. The lowest BCUT2D eigenvalue weighted by atomic mass is 10.1. The van der Waals surface area contributed by atoms with E-state index in [-0.39, 0.29) is 0 Å². The monoisotopic (exact) mass is 429 g/mol. The SMILES string of the molecule is C#CC/C=C\N=CCF.CCCC1=C(Cn2ccnc2C)N=CN(/N=C(\N)COC)C1. The van der Waals surface area contributed by atoms with Gasteiger partial charge in [0.05, 0.1) is 18.8 Å². The second kappa shape index (κ2) is 15.6. The highest BCUT2D eigenvalue weighted by atomic mass is 19.1. The second-order valence-corrected chi connectivity index (χ2v) is 6.55. The number of methoxy groups -OCH3 is 1. The van der Waals surface area contributed by atoms with Crippen LogP contribution >= 0.6 is 0 Å². The van der Waals surface area contributed by atoms with Gasteiger partial charge in [0.15, 0.2) is 0 Å². The predicted octanol–water partition coefficient (Wildman–Crippen LogP) is 3.07. The van der Waals surface area contributed by atoms with Crippen molar-refractivity contribution >= 4 is 18.4 Å². The first-order valence-electron chi connectivity index (χ1n) is 10.0. The van der Waals surface area contributed by atoms with Crippen molar-refractivity contribution in [3.8, 4) is 12.3 Å². The number of halogens is 1. The van der Waals surface area contributed by atoms with Crippen molar-refractivity contribution in [2.75, 3.05) is 26.9 Å². The minimum Gasteiger partial charge on any atom is -0.384 e. The summed E-state index contributed by atoms with van der Waals surface area (Å²) in [5.74, 6) is 3.82. The third-order valence-corrected chi connectivity index (χ3v) is 4.05. The normalized spacial score (nSPS) is 14.3. The Morgan fingerprint density at radius 1 is 1.48 bits per heavy atom. The molecule has 0 unspecified atom stereocenters. The van der Waals surface area contributed by atoms with Gasteiger partial charge in [0.25, 0.3) is 0 Å². The zero-order valence-corrected chi connectivity index (χ0v) is 18.5. The minimum absolute atomic E-state index is 0.318. The number of nitrogens with zero attached hydrogens (tertiary/aromatic N) is 6. The van der Waals surface area contributed by atoms with E-state index in [2.05, 4.69) is 37.5 Å². The van der Waals surface area contributed by atoms with Crippen LogP contribution in [0.2, 0.25) is 0 Å². The van der Waals surface area contributed by atoms with Gasteiger partial charge in [-0.2, -0.15) is 5.10 Å². The molecule has 0 saturated carbocycles. The first kappa shape index (κ1) is 25.8. The van der Waals surface area contributed by atoms with E-state index in [0.717, 1.165) is 30.9 Å². The van der Waals surface area contributed by atoms with E-state index >= 15 is 0 Å². The molecule has 8 nitrogen and oxygen atoms in total. The van der Waals surface area contributed by atoms with Gasteiger partial charge in [-0.25, -0.2) is 19.4 Å². The first-order chi connectivity index (χ1) is 15.0. The minimum atomic E-state index is -0.527. The number of ether oxygens (including phenoxy) is 1. The van der Waals surface area contributed by atoms with Crippen molar-refractivity contribution in [1.29, 1.82) is 0 Å². The number of aryl methyl sites for hydroxylation is 1. The van der Waals surface area contributed by atoms with Gasteiger partial charge in [0, 0.05) is 38.3 Å². The van der Waals surface area contributed by atoms with E-state index in [0.29, 0.717) is 25.4 Å². The molecule has 0 bridgehead atoms. The number of rotatable bonds is 10. The van der Waals surface area contributed by atoms with Gasteiger partial charge >= 0.3 is 0 Å². The molecule has 0 fully saturated rings. The Kier molecular flexibility index (Phi) is 13.0. The molecule has 0 spiro atoms. The molecule has 0 aromatic carbocycles. The van der Waals surface area contributed by atoms with Gasteiger partial charge in [-0.1, -0.05) is 19.4 Å². The van der Waals surface area contributed by atoms with Gasteiger partial charge in [-0.05, 0) is 18.9 Å². The molecule has 9 heteroatoms. The Morgan fingerprint density at radius 3 is 2.90 bits per heavy atom. The molecule has 31 heavy (non-hydrogen) atoms. The quantitative estimate of drug-likeness (QED) is 0.351. The maximum atomic E-state index is 11.3. The van der Waals surface area contributed by atoms with Crippen LogP contribution < -0.4 is 5.73 Å². The van der Waals surface area contributed by atoms with Crippen molar-refractivity contribution in [1.82, 2.24) is 14.6 Å². The zero-order chi connectivity index (χ0) is 22.9. The molecule has 1 aliphatic heterocycles. The lowest BCUT2D eigenvalue weighted by Crippen LogP contribution is -2.29. The molecule has 168 valence electrons. The number of hydrogen-bond acceptors (Lipinski definition) is 6. The topological polar surface area (TPSA) is 93.4 Å². The molecule has 0 radical (unpaired) electrons. The van der Waals surface area contributed by atoms with Crippen LogP contribution in [0.5, 0.6) is 0 Å². The number of terminal acetylenes is 1. The Morgan fingerprint density at radius 2 is 2.29 bits per heavy atom. The summed E-state index contributed by atoms with van der Waals surface area (Å²) < 4.78 is 18.4.